The maximum Gasteiger partial charge on any atom is 0.308 e. The van der Waals surface area contributed by atoms with E-state index in [2.05, 4.69) is 15.3 Å². The van der Waals surface area contributed by atoms with Crippen LogP contribution in [0, 0.1) is 28.9 Å². The molecule has 0 radical (unpaired) electrons. The van der Waals surface area contributed by atoms with Gasteiger partial charge in [0.25, 0.3) is 11.8 Å². The first-order valence-corrected chi connectivity index (χ1v) is 16.6. The molecule has 2 aliphatic rings. The van der Waals surface area contributed by atoms with Gasteiger partial charge in [-0.25, -0.2) is 0 Å². The standard InChI is InChI=1S/C38H37F2N5O5/c1-3-47-38(46)27-12-7-13-28(20-27)43-34-32(39)36(49-29-14-8-11-26(21-29)35-42-17-18-45(35)2)44-37(33(34)40)50-31-19-25(22-41)15-16-30(31)48-23-24-9-5-4-6-10-24/h4-6,8-11,14-16,19,21,27-28H,3,7,12-13,17-18,20,23H2,1-2H3,(H,43,44). The molecule has 2 heterocycles. The molecule has 1 N–H and O–H groups in total. The monoisotopic (exact) mass is 681 g/mol. The largest absolute Gasteiger partial charge is 0.485 e. The Balaban J connectivity index is 1.36. The van der Waals surface area contributed by atoms with E-state index < -0.39 is 41.0 Å². The number of benzene rings is 3. The van der Waals surface area contributed by atoms with Crippen molar-refractivity contribution in [2.45, 2.75) is 45.3 Å². The lowest BCUT2D eigenvalue weighted by Crippen LogP contribution is -2.32. The maximum atomic E-state index is 16.4. The number of hydrogen-bond donors (Lipinski definition) is 1. The van der Waals surface area contributed by atoms with Gasteiger partial charge in [-0.05, 0) is 56.0 Å². The third-order valence-electron chi connectivity index (χ3n) is 8.54. The minimum absolute atomic E-state index is 0.000731. The Morgan fingerprint density at radius 1 is 1.00 bits per heavy atom. The lowest BCUT2D eigenvalue weighted by Gasteiger charge is -2.29. The highest BCUT2D eigenvalue weighted by atomic mass is 19.1. The number of nitrogens with zero attached hydrogens (tertiary/aromatic N) is 4. The first kappa shape index (κ1) is 34.2. The summed E-state index contributed by atoms with van der Waals surface area (Å²) in [5.41, 5.74) is 1.36. The summed E-state index contributed by atoms with van der Waals surface area (Å²) >= 11 is 0. The lowest BCUT2D eigenvalue weighted by atomic mass is 9.85. The van der Waals surface area contributed by atoms with Crippen LogP contribution in [-0.4, -0.2) is 54.5 Å². The summed E-state index contributed by atoms with van der Waals surface area (Å²) in [6.45, 7) is 3.58. The SMILES string of the molecule is CCOC(=O)C1CCCC(Nc2c(F)c(Oc3cccc(C4=NCCN4C)c3)nc(Oc3cc(C#N)ccc3OCc3ccccc3)c2F)C1. The van der Waals surface area contributed by atoms with Gasteiger partial charge in [-0.2, -0.15) is 19.0 Å². The van der Waals surface area contributed by atoms with Gasteiger partial charge in [-0.1, -0.05) is 48.9 Å². The molecule has 1 aliphatic heterocycles. The molecule has 1 aliphatic carbocycles. The van der Waals surface area contributed by atoms with Crippen LogP contribution in [0.15, 0.2) is 77.8 Å². The third-order valence-corrected chi connectivity index (χ3v) is 8.54. The molecule has 4 aromatic rings. The zero-order valence-corrected chi connectivity index (χ0v) is 27.8. The number of anilines is 1. The number of hydrogen-bond acceptors (Lipinski definition) is 10. The van der Waals surface area contributed by atoms with E-state index in [1.807, 2.05) is 54.4 Å². The van der Waals surface area contributed by atoms with Gasteiger partial charge >= 0.3 is 5.97 Å². The van der Waals surface area contributed by atoms with Crippen LogP contribution < -0.4 is 19.5 Å². The molecule has 10 nitrogen and oxygen atoms in total. The summed E-state index contributed by atoms with van der Waals surface area (Å²) < 4.78 is 55.9. The summed E-state index contributed by atoms with van der Waals surface area (Å²) in [4.78, 5) is 23.2. The Bertz CT molecular complexity index is 1920. The topological polar surface area (TPSA) is 118 Å². The molecule has 12 heteroatoms. The quantitative estimate of drug-likeness (QED) is 0.151. The Hall–Kier alpha value is -5.70. The molecule has 3 aromatic carbocycles. The van der Waals surface area contributed by atoms with Crippen LogP contribution in [0.25, 0.3) is 0 Å². The number of esters is 1. The van der Waals surface area contributed by atoms with Crippen LogP contribution >= 0.6 is 0 Å². The molecule has 0 spiro atoms. The van der Waals surface area contributed by atoms with Crippen LogP contribution in [0.4, 0.5) is 14.5 Å². The molecule has 6 rings (SSSR count). The molecule has 1 fully saturated rings. The zero-order chi connectivity index (χ0) is 35.0. The molecule has 1 aromatic heterocycles. The molecular weight excluding hydrogens is 644 g/mol. The summed E-state index contributed by atoms with van der Waals surface area (Å²) in [6.07, 6.45) is 2.18. The van der Waals surface area contributed by atoms with Crippen LogP contribution in [0.2, 0.25) is 0 Å². The summed E-state index contributed by atoms with van der Waals surface area (Å²) in [5.74, 6) is -2.82. The minimum Gasteiger partial charge on any atom is -0.485 e. The number of aliphatic imine (C=N–C) groups is 1. The number of carbonyl (C=O) groups is 1. The molecular formula is C38H37F2N5O5. The van der Waals surface area contributed by atoms with E-state index in [9.17, 15) is 10.1 Å². The molecule has 1 saturated carbocycles. The highest BCUT2D eigenvalue weighted by molar-refractivity contribution is 5.99. The molecule has 50 heavy (non-hydrogen) atoms. The van der Waals surface area contributed by atoms with E-state index in [1.165, 1.54) is 6.07 Å². The van der Waals surface area contributed by atoms with Crippen molar-refractivity contribution in [1.29, 1.82) is 5.26 Å². The fourth-order valence-electron chi connectivity index (χ4n) is 6.03. The molecule has 2 atom stereocenters. The Morgan fingerprint density at radius 3 is 2.54 bits per heavy atom. The lowest BCUT2D eigenvalue weighted by molar-refractivity contribution is -0.149. The van der Waals surface area contributed by atoms with E-state index >= 15 is 8.78 Å². The van der Waals surface area contributed by atoms with E-state index in [-0.39, 0.29) is 42.0 Å². The number of pyridine rings is 1. The number of carbonyl (C=O) groups excluding carboxylic acids is 1. The van der Waals surface area contributed by atoms with Crippen molar-refractivity contribution >= 4 is 17.5 Å². The third kappa shape index (κ3) is 7.94. The van der Waals surface area contributed by atoms with Gasteiger partial charge in [0.15, 0.2) is 11.5 Å². The van der Waals surface area contributed by atoms with Gasteiger partial charge in [-0.15, -0.1) is 0 Å². The predicted octanol–water partition coefficient (Wildman–Crippen LogP) is 7.62. The van der Waals surface area contributed by atoms with Crippen LogP contribution in [0.1, 0.15) is 49.3 Å². The van der Waals surface area contributed by atoms with Crippen LogP contribution in [0.5, 0.6) is 29.0 Å². The normalized spacial score (nSPS) is 17.0. The van der Waals surface area contributed by atoms with Crippen molar-refractivity contribution in [3.8, 4) is 35.1 Å². The van der Waals surface area contributed by atoms with Crippen molar-refractivity contribution in [2.24, 2.45) is 10.9 Å². The van der Waals surface area contributed by atoms with Crippen LogP contribution in [0.3, 0.4) is 0 Å². The van der Waals surface area contributed by atoms with Crippen molar-refractivity contribution in [1.82, 2.24) is 9.88 Å². The average Bonchev–Trinajstić information content (AvgIpc) is 3.58. The van der Waals surface area contributed by atoms with Gasteiger partial charge in [0.1, 0.15) is 23.9 Å². The smallest absolute Gasteiger partial charge is 0.308 e. The van der Waals surface area contributed by atoms with Crippen molar-refractivity contribution < 1.29 is 32.5 Å². The number of ether oxygens (including phenoxy) is 4. The number of nitrogens with one attached hydrogen (secondary N) is 1. The molecule has 0 saturated heterocycles. The van der Waals surface area contributed by atoms with Crippen LogP contribution in [-0.2, 0) is 16.1 Å². The highest BCUT2D eigenvalue weighted by Gasteiger charge is 2.32. The number of nitriles is 1. The second-order valence-corrected chi connectivity index (χ2v) is 12.1. The summed E-state index contributed by atoms with van der Waals surface area (Å²) in [7, 11) is 1.93. The van der Waals surface area contributed by atoms with Crippen molar-refractivity contribution in [3.63, 3.8) is 0 Å². The number of aromatic nitrogens is 1. The molecule has 2 unspecified atom stereocenters. The van der Waals surface area contributed by atoms with Gasteiger partial charge < -0.3 is 29.2 Å². The first-order valence-electron chi connectivity index (χ1n) is 16.6. The Morgan fingerprint density at radius 2 is 1.80 bits per heavy atom. The summed E-state index contributed by atoms with van der Waals surface area (Å²) in [6, 6.07) is 22.4. The molecule has 0 bridgehead atoms. The number of rotatable bonds is 12. The van der Waals surface area contributed by atoms with E-state index in [1.54, 1.807) is 37.3 Å². The zero-order valence-electron chi connectivity index (χ0n) is 27.8. The number of halogens is 2. The minimum atomic E-state index is -1.11. The predicted molar refractivity (Wildman–Crippen MR) is 183 cm³/mol. The Labute approximate surface area is 289 Å². The fraction of sp³-hybridized carbons (Fsp3) is 0.316. The average molecular weight is 682 g/mol. The summed E-state index contributed by atoms with van der Waals surface area (Å²) in [5, 5.41) is 12.6. The van der Waals surface area contributed by atoms with Gasteiger partial charge in [0.2, 0.25) is 11.6 Å². The van der Waals surface area contributed by atoms with Gasteiger partial charge in [-0.3, -0.25) is 9.79 Å². The first-order chi connectivity index (χ1) is 24.3. The maximum absolute atomic E-state index is 16.4. The highest BCUT2D eigenvalue weighted by Crippen LogP contribution is 2.40. The van der Waals surface area contributed by atoms with E-state index in [4.69, 9.17) is 18.9 Å². The molecule has 258 valence electrons. The number of amidine groups is 1. The second kappa shape index (κ2) is 15.7. The van der Waals surface area contributed by atoms with Crippen molar-refractivity contribution in [2.75, 3.05) is 32.1 Å². The van der Waals surface area contributed by atoms with Gasteiger partial charge in [0.05, 0.1) is 30.7 Å². The van der Waals surface area contributed by atoms with Gasteiger partial charge in [0, 0.05) is 31.3 Å². The van der Waals surface area contributed by atoms with E-state index in [0.717, 1.165) is 23.5 Å². The number of likely N-dealkylation sites (N-methyl/N-ethyl adjacent to an activating group) is 1. The second-order valence-electron chi connectivity index (χ2n) is 12.1. The van der Waals surface area contributed by atoms with Crippen molar-refractivity contribution in [3.05, 3.63) is 101 Å². The fourth-order valence-corrected chi connectivity index (χ4v) is 6.03. The molecule has 0 amide bonds. The Kier molecular flexibility index (Phi) is 10.7. The van der Waals surface area contributed by atoms with E-state index in [0.29, 0.717) is 32.2 Å².